The van der Waals surface area contributed by atoms with E-state index in [2.05, 4.69) is 10.0 Å². The molecule has 2 atom stereocenters. The van der Waals surface area contributed by atoms with Crippen LogP contribution in [0.15, 0.2) is 29.4 Å². The van der Waals surface area contributed by atoms with Gasteiger partial charge in [-0.2, -0.15) is 0 Å². The highest BCUT2D eigenvalue weighted by Gasteiger charge is 2.36. The molecule has 1 aromatic rings. The number of nitrogens with zero attached hydrogens (tertiary/aromatic N) is 5. The van der Waals surface area contributed by atoms with Crippen molar-refractivity contribution in [3.05, 3.63) is 50.4 Å². The summed E-state index contributed by atoms with van der Waals surface area (Å²) in [5.41, 5.74) is 8.91. The number of likely N-dealkylation sites (tertiary alicyclic amines) is 1. The third kappa shape index (κ3) is 4.58. The minimum absolute atomic E-state index is 0.0727. The molecule has 1 heterocycles. The van der Waals surface area contributed by atoms with Crippen LogP contribution in [0.2, 0.25) is 0 Å². The summed E-state index contributed by atoms with van der Waals surface area (Å²) in [7, 11) is 0. The lowest BCUT2D eigenvalue weighted by Gasteiger charge is -2.34. The zero-order valence-corrected chi connectivity index (χ0v) is 13.0. The number of carboxylic acid groups (broad SMARTS) is 1. The first-order valence-corrected chi connectivity index (χ1v) is 7.36. The van der Waals surface area contributed by atoms with Crippen molar-refractivity contribution in [1.82, 2.24) is 4.90 Å². The highest BCUT2D eigenvalue weighted by molar-refractivity contribution is 5.81. The van der Waals surface area contributed by atoms with Gasteiger partial charge in [0.2, 0.25) is 0 Å². The maximum Gasteiger partial charge on any atom is 0.408 e. The van der Waals surface area contributed by atoms with Gasteiger partial charge in [-0.1, -0.05) is 5.11 Å². The number of non-ortho nitro benzene ring substituents is 1. The number of hydrogen-bond donors (Lipinski definition) is 1. The molecule has 0 unspecified atom stereocenters. The lowest BCUT2D eigenvalue weighted by molar-refractivity contribution is -0.384. The molecule has 11 nitrogen and oxygen atoms in total. The van der Waals surface area contributed by atoms with Gasteiger partial charge in [0.05, 0.1) is 11.0 Å². The number of nitro benzene ring substituents is 1. The van der Waals surface area contributed by atoms with Gasteiger partial charge in [0.1, 0.15) is 12.6 Å². The van der Waals surface area contributed by atoms with Crippen LogP contribution in [-0.2, 0) is 16.1 Å². The van der Waals surface area contributed by atoms with E-state index < -0.39 is 29.1 Å². The standard InChI is InChI=1S/C14H15N5O6/c15-17-16-10-3-6-12(18(7-10)14(21)22)13(20)25-8-9-1-4-11(5-2-9)19(23)24/h1-2,4-5,10,12H,3,6-8H2,(H,21,22)/t10-,12+/m0/s1. The van der Waals surface area contributed by atoms with Crippen molar-refractivity contribution >= 4 is 17.7 Å². The molecular weight excluding hydrogens is 334 g/mol. The molecule has 0 aliphatic carbocycles. The summed E-state index contributed by atoms with van der Waals surface area (Å²) in [5.74, 6) is -0.708. The van der Waals surface area contributed by atoms with E-state index in [0.29, 0.717) is 12.0 Å². The molecular formula is C14H15N5O6. The summed E-state index contributed by atoms with van der Waals surface area (Å²) >= 11 is 0. The molecule has 1 amide bonds. The highest BCUT2D eigenvalue weighted by atomic mass is 16.6. The highest BCUT2D eigenvalue weighted by Crippen LogP contribution is 2.22. The number of piperidine rings is 1. The van der Waals surface area contributed by atoms with E-state index in [9.17, 15) is 24.8 Å². The molecule has 1 aromatic carbocycles. The molecule has 0 saturated carbocycles. The Morgan fingerprint density at radius 2 is 2.08 bits per heavy atom. The number of rotatable bonds is 5. The maximum absolute atomic E-state index is 12.2. The van der Waals surface area contributed by atoms with E-state index in [4.69, 9.17) is 10.3 Å². The Morgan fingerprint density at radius 3 is 2.64 bits per heavy atom. The Morgan fingerprint density at radius 1 is 1.40 bits per heavy atom. The van der Waals surface area contributed by atoms with Crippen molar-refractivity contribution < 1.29 is 24.4 Å². The molecule has 11 heteroatoms. The zero-order chi connectivity index (χ0) is 18.4. The number of hydrogen-bond acceptors (Lipinski definition) is 6. The van der Waals surface area contributed by atoms with Gasteiger partial charge in [0, 0.05) is 23.6 Å². The molecule has 0 radical (unpaired) electrons. The second kappa shape index (κ2) is 7.97. The fraction of sp³-hybridized carbons (Fsp3) is 0.429. The summed E-state index contributed by atoms with van der Waals surface area (Å²) in [4.78, 5) is 37.1. The summed E-state index contributed by atoms with van der Waals surface area (Å²) in [5, 5.41) is 23.3. The van der Waals surface area contributed by atoms with E-state index >= 15 is 0 Å². The molecule has 1 aliphatic rings. The van der Waals surface area contributed by atoms with Crippen LogP contribution < -0.4 is 0 Å². The van der Waals surface area contributed by atoms with E-state index in [1.165, 1.54) is 24.3 Å². The number of ether oxygens (including phenoxy) is 1. The van der Waals surface area contributed by atoms with Crippen molar-refractivity contribution in [2.75, 3.05) is 6.54 Å². The first-order chi connectivity index (χ1) is 11.9. The minimum atomic E-state index is -1.30. The van der Waals surface area contributed by atoms with Crippen LogP contribution in [-0.4, -0.2) is 45.6 Å². The molecule has 1 N–H and O–H groups in total. The average Bonchev–Trinajstić information content (AvgIpc) is 2.60. The average molecular weight is 349 g/mol. The van der Waals surface area contributed by atoms with Crippen LogP contribution in [0.4, 0.5) is 10.5 Å². The smallest absolute Gasteiger partial charge is 0.408 e. The molecule has 0 spiro atoms. The number of esters is 1. The lowest BCUT2D eigenvalue weighted by atomic mass is 9.99. The zero-order valence-electron chi connectivity index (χ0n) is 13.0. The van der Waals surface area contributed by atoms with Crippen LogP contribution >= 0.6 is 0 Å². The molecule has 1 fully saturated rings. The Hall–Kier alpha value is -3.33. The van der Waals surface area contributed by atoms with Gasteiger partial charge in [0.25, 0.3) is 5.69 Å². The number of carbonyl (C=O) groups excluding carboxylic acids is 1. The topological polar surface area (TPSA) is 159 Å². The Bertz CT molecular complexity index is 715. The van der Waals surface area contributed by atoms with Crippen molar-refractivity contribution in [3.63, 3.8) is 0 Å². The normalized spacial score (nSPS) is 19.6. The van der Waals surface area contributed by atoms with Crippen LogP contribution in [0.3, 0.4) is 0 Å². The van der Waals surface area contributed by atoms with E-state index in [-0.39, 0.29) is 25.3 Å². The SMILES string of the molecule is [N-]=[N+]=N[C@H]1CC[C@H](C(=O)OCc2ccc([N+](=O)[O-])cc2)N(C(=O)O)C1. The van der Waals surface area contributed by atoms with Gasteiger partial charge in [-0.15, -0.1) is 0 Å². The minimum Gasteiger partial charge on any atom is -0.465 e. The van der Waals surface area contributed by atoms with Gasteiger partial charge in [-0.25, -0.2) is 9.59 Å². The summed E-state index contributed by atoms with van der Waals surface area (Å²) < 4.78 is 5.13. The first-order valence-electron chi connectivity index (χ1n) is 7.36. The van der Waals surface area contributed by atoms with Crippen molar-refractivity contribution in [1.29, 1.82) is 0 Å². The second-order valence-corrected chi connectivity index (χ2v) is 5.42. The number of amides is 1. The largest absolute Gasteiger partial charge is 0.465 e. The fourth-order valence-electron chi connectivity index (χ4n) is 2.54. The molecule has 1 aliphatic heterocycles. The maximum atomic E-state index is 12.2. The third-order valence-electron chi connectivity index (χ3n) is 3.82. The lowest BCUT2D eigenvalue weighted by Crippen LogP contribution is -2.51. The molecule has 0 aromatic heterocycles. The Balaban J connectivity index is 1.97. The predicted molar refractivity (Wildman–Crippen MR) is 83.6 cm³/mol. The van der Waals surface area contributed by atoms with Crippen molar-refractivity contribution in [3.8, 4) is 0 Å². The predicted octanol–water partition coefficient (Wildman–Crippen LogP) is 2.46. The number of benzene rings is 1. The van der Waals surface area contributed by atoms with E-state index in [1.807, 2.05) is 0 Å². The van der Waals surface area contributed by atoms with Crippen molar-refractivity contribution in [2.24, 2.45) is 5.11 Å². The van der Waals surface area contributed by atoms with Gasteiger partial charge in [-0.3, -0.25) is 15.0 Å². The third-order valence-corrected chi connectivity index (χ3v) is 3.82. The molecule has 2 rings (SSSR count). The van der Waals surface area contributed by atoms with E-state index in [1.54, 1.807) is 0 Å². The molecule has 0 bridgehead atoms. The van der Waals surface area contributed by atoms with Crippen molar-refractivity contribution in [2.45, 2.75) is 31.5 Å². The molecule has 25 heavy (non-hydrogen) atoms. The quantitative estimate of drug-likeness (QED) is 0.214. The van der Waals surface area contributed by atoms with Gasteiger partial charge in [0.15, 0.2) is 0 Å². The summed E-state index contributed by atoms with van der Waals surface area (Å²) in [6.45, 7) is -0.197. The summed E-state index contributed by atoms with van der Waals surface area (Å²) in [6.07, 6.45) is -0.727. The molecule has 1 saturated heterocycles. The van der Waals surface area contributed by atoms with E-state index in [0.717, 1.165) is 4.90 Å². The van der Waals surface area contributed by atoms with Crippen LogP contribution in [0.1, 0.15) is 18.4 Å². The van der Waals surface area contributed by atoms with Crippen LogP contribution in [0.5, 0.6) is 0 Å². The molecule has 132 valence electrons. The number of azide groups is 1. The van der Waals surface area contributed by atoms with Gasteiger partial charge >= 0.3 is 12.1 Å². The first kappa shape index (κ1) is 18.0. The Kier molecular flexibility index (Phi) is 5.75. The van der Waals surface area contributed by atoms with Gasteiger partial charge < -0.3 is 9.84 Å². The van der Waals surface area contributed by atoms with Gasteiger partial charge in [-0.05, 0) is 36.1 Å². The second-order valence-electron chi connectivity index (χ2n) is 5.42. The van der Waals surface area contributed by atoms with Crippen LogP contribution in [0, 0.1) is 10.1 Å². The summed E-state index contributed by atoms with van der Waals surface area (Å²) in [6, 6.07) is 4.01. The van der Waals surface area contributed by atoms with Crippen LogP contribution in [0.25, 0.3) is 10.4 Å². The number of nitro groups is 1. The monoisotopic (exact) mass is 349 g/mol. The number of carbonyl (C=O) groups is 2. The fourth-order valence-corrected chi connectivity index (χ4v) is 2.54. The Labute approximate surface area is 141 Å².